The number of nitrogens with zero attached hydrogens (tertiary/aromatic N) is 1. The molecule has 0 radical (unpaired) electrons. The number of hydrogen-bond donors (Lipinski definition) is 2. The second-order valence-corrected chi connectivity index (χ2v) is 12.7. The predicted octanol–water partition coefficient (Wildman–Crippen LogP) is 11.0. The molecule has 6 nitrogen and oxygen atoms in total. The van der Waals surface area contributed by atoms with E-state index >= 15 is 0 Å². The summed E-state index contributed by atoms with van der Waals surface area (Å²) in [5.74, 6) is 1.31. The van der Waals surface area contributed by atoms with E-state index < -0.39 is 35.2 Å². The molecular weight excluding hydrogens is 800 g/mol. The van der Waals surface area contributed by atoms with E-state index in [0.29, 0.717) is 22.6 Å². The van der Waals surface area contributed by atoms with Crippen molar-refractivity contribution >= 4 is 24.8 Å². The average Bonchev–Trinajstić information content (AvgIpc) is 3.17. The minimum Gasteiger partial charge on any atom is -0.496 e. The molecule has 6 rings (SSSR count). The van der Waals surface area contributed by atoms with Crippen molar-refractivity contribution in [3.63, 3.8) is 0 Å². The highest BCUT2D eigenvalue weighted by Crippen LogP contribution is 2.39. The Morgan fingerprint density at radius 1 is 0.571 bits per heavy atom. The number of piperidine rings is 2. The van der Waals surface area contributed by atoms with Crippen molar-refractivity contribution in [2.45, 2.75) is 56.0 Å². The van der Waals surface area contributed by atoms with Crippen LogP contribution in [0.5, 0.6) is 17.2 Å². The highest BCUT2D eigenvalue weighted by Gasteiger charge is 2.34. The van der Waals surface area contributed by atoms with Crippen LogP contribution in [0.3, 0.4) is 0 Å². The summed E-state index contributed by atoms with van der Waals surface area (Å²) in [6, 6.07) is 14.4. The van der Waals surface area contributed by atoms with Crippen LogP contribution in [-0.4, -0.2) is 52.5 Å². The fourth-order valence-corrected chi connectivity index (χ4v) is 6.31. The lowest BCUT2D eigenvalue weighted by Crippen LogP contribution is -2.28. The van der Waals surface area contributed by atoms with E-state index in [2.05, 4.69) is 15.6 Å². The molecule has 2 fully saturated rings. The van der Waals surface area contributed by atoms with Crippen LogP contribution in [0, 0.1) is 0 Å². The van der Waals surface area contributed by atoms with Gasteiger partial charge in [-0.05, 0) is 98.4 Å². The minimum absolute atomic E-state index is 0. The first kappa shape index (κ1) is 48.2. The van der Waals surface area contributed by atoms with E-state index in [0.717, 1.165) is 99.4 Å². The van der Waals surface area contributed by atoms with Crippen LogP contribution in [0.4, 0.5) is 39.5 Å². The Morgan fingerprint density at radius 3 is 1.32 bits per heavy atom. The van der Waals surface area contributed by atoms with E-state index in [4.69, 9.17) is 14.2 Å². The fraction of sp³-hybridized carbons (Fsp3) is 0.410. The highest BCUT2D eigenvalue weighted by atomic mass is 35.5. The van der Waals surface area contributed by atoms with Crippen LogP contribution in [0.1, 0.15) is 65.3 Å². The monoisotopic (exact) mass is 843 g/mol. The number of ether oxygens (including phenoxy) is 3. The van der Waals surface area contributed by atoms with Gasteiger partial charge < -0.3 is 24.8 Å². The molecule has 3 aromatic carbocycles. The Kier molecular flexibility index (Phi) is 18.6. The van der Waals surface area contributed by atoms with Gasteiger partial charge >= 0.3 is 18.5 Å². The predicted molar refractivity (Wildman–Crippen MR) is 201 cm³/mol. The fourth-order valence-electron chi connectivity index (χ4n) is 6.31. The summed E-state index contributed by atoms with van der Waals surface area (Å²) in [6.45, 7) is 3.53. The summed E-state index contributed by atoms with van der Waals surface area (Å²) < 4.78 is 129. The maximum Gasteiger partial charge on any atom is 0.416 e. The van der Waals surface area contributed by atoms with Crippen molar-refractivity contribution in [3.8, 4) is 28.4 Å². The molecule has 2 saturated heterocycles. The molecular formula is C39H44Cl2F9N3O3. The van der Waals surface area contributed by atoms with Crippen molar-refractivity contribution in [1.29, 1.82) is 0 Å². The van der Waals surface area contributed by atoms with Crippen molar-refractivity contribution in [2.24, 2.45) is 0 Å². The quantitative estimate of drug-likeness (QED) is 0.189. The second kappa shape index (κ2) is 21.6. The Hall–Kier alpha value is -3.92. The van der Waals surface area contributed by atoms with Crippen molar-refractivity contribution in [1.82, 2.24) is 15.6 Å². The summed E-state index contributed by atoms with van der Waals surface area (Å²) >= 11 is 0. The molecule has 4 aromatic rings. The summed E-state index contributed by atoms with van der Waals surface area (Å²) in [5.41, 5.74) is 0.961. The molecule has 3 heterocycles. The number of hydrogen-bond acceptors (Lipinski definition) is 6. The van der Waals surface area contributed by atoms with Gasteiger partial charge in [0.05, 0.1) is 38.0 Å². The largest absolute Gasteiger partial charge is 0.496 e. The van der Waals surface area contributed by atoms with E-state index in [1.807, 2.05) is 0 Å². The number of alkyl halides is 9. The number of pyridine rings is 1. The molecule has 0 saturated carbocycles. The van der Waals surface area contributed by atoms with Crippen molar-refractivity contribution in [2.75, 3.05) is 47.5 Å². The molecule has 2 atom stereocenters. The van der Waals surface area contributed by atoms with E-state index in [9.17, 15) is 39.5 Å². The highest BCUT2D eigenvalue weighted by molar-refractivity contribution is 5.85. The third-order valence-corrected chi connectivity index (χ3v) is 9.10. The molecule has 0 unspecified atom stereocenters. The molecule has 17 heteroatoms. The topological polar surface area (TPSA) is 64.6 Å². The van der Waals surface area contributed by atoms with Gasteiger partial charge in [-0.3, -0.25) is 4.98 Å². The lowest BCUT2D eigenvalue weighted by molar-refractivity contribution is -0.138. The van der Waals surface area contributed by atoms with Gasteiger partial charge in [0.1, 0.15) is 17.2 Å². The van der Waals surface area contributed by atoms with Gasteiger partial charge in [-0.1, -0.05) is 18.2 Å². The molecule has 2 N–H and O–H groups in total. The van der Waals surface area contributed by atoms with Gasteiger partial charge in [-0.2, -0.15) is 39.5 Å². The Bertz CT molecular complexity index is 1700. The Morgan fingerprint density at radius 2 is 0.982 bits per heavy atom. The summed E-state index contributed by atoms with van der Waals surface area (Å²) in [7, 11) is 4.17. The second-order valence-electron chi connectivity index (χ2n) is 12.7. The zero-order chi connectivity index (χ0) is 39.5. The molecule has 56 heavy (non-hydrogen) atoms. The summed E-state index contributed by atoms with van der Waals surface area (Å²) in [6.07, 6.45) is -5.81. The zero-order valence-corrected chi connectivity index (χ0v) is 32.3. The smallest absolute Gasteiger partial charge is 0.416 e. The normalized spacial score (nSPS) is 17.0. The summed E-state index contributed by atoms with van der Waals surface area (Å²) in [5, 5.41) is 6.50. The molecule has 2 aliphatic rings. The van der Waals surface area contributed by atoms with Crippen LogP contribution < -0.4 is 24.8 Å². The van der Waals surface area contributed by atoms with Crippen LogP contribution >= 0.6 is 24.8 Å². The molecule has 0 amide bonds. The average molecular weight is 845 g/mol. The molecule has 1 aromatic heterocycles. The maximum absolute atomic E-state index is 12.6. The molecule has 2 aliphatic heterocycles. The Balaban J connectivity index is 0.000000285. The SMILES string of the molecule is COc1cc(C(F)(F)F)ccc1-c1cccnc1.COc1cc(C(F)(F)F)ccc1[C@@H]1CCCNC1.COc1cc(C(F)(F)F)ccc1[C@H]1CCCNC1.Cl.Cl. The van der Waals surface area contributed by atoms with Gasteiger partial charge in [0.15, 0.2) is 0 Å². The third kappa shape index (κ3) is 13.3. The van der Waals surface area contributed by atoms with E-state index in [1.165, 1.54) is 27.4 Å². The van der Waals surface area contributed by atoms with E-state index in [-0.39, 0.29) is 42.4 Å². The first-order chi connectivity index (χ1) is 25.6. The van der Waals surface area contributed by atoms with Crippen LogP contribution in [-0.2, 0) is 18.5 Å². The van der Waals surface area contributed by atoms with Gasteiger partial charge in [-0.25, -0.2) is 0 Å². The van der Waals surface area contributed by atoms with Crippen LogP contribution in [0.2, 0.25) is 0 Å². The Labute approximate surface area is 332 Å². The standard InChI is InChI=1S/2C13H16F3NO.C13H10F3NO.2ClH/c3*1-18-12-7-10(13(14,15)16)4-5-11(12)9-3-2-6-17-8-9;;/h2*4-5,7,9,17H,2-3,6,8H2,1H3;2-8H,1H3;2*1H/t2*9-;;;/m10.../s1. The number of methoxy groups -OCH3 is 3. The third-order valence-electron chi connectivity index (χ3n) is 9.10. The van der Waals surface area contributed by atoms with E-state index in [1.54, 1.807) is 36.7 Å². The zero-order valence-electron chi connectivity index (χ0n) is 30.7. The van der Waals surface area contributed by atoms with Gasteiger partial charge in [-0.15, -0.1) is 24.8 Å². The van der Waals surface area contributed by atoms with Crippen LogP contribution in [0.25, 0.3) is 11.1 Å². The van der Waals surface area contributed by atoms with Gasteiger partial charge in [0.2, 0.25) is 0 Å². The first-order valence-electron chi connectivity index (χ1n) is 17.1. The number of rotatable bonds is 6. The molecule has 310 valence electrons. The maximum atomic E-state index is 12.6. The van der Waals surface area contributed by atoms with Crippen molar-refractivity contribution in [3.05, 3.63) is 107 Å². The minimum atomic E-state index is -4.37. The number of aromatic nitrogens is 1. The number of halogens is 11. The van der Waals surface area contributed by atoms with Gasteiger partial charge in [0.25, 0.3) is 0 Å². The molecule has 0 aliphatic carbocycles. The number of nitrogens with one attached hydrogen (secondary N) is 2. The lowest BCUT2D eigenvalue weighted by atomic mass is 9.90. The van der Waals surface area contributed by atoms with Crippen molar-refractivity contribution < 1.29 is 53.7 Å². The van der Waals surface area contributed by atoms with Crippen LogP contribution in [0.15, 0.2) is 79.1 Å². The summed E-state index contributed by atoms with van der Waals surface area (Å²) in [4.78, 5) is 3.93. The molecule has 0 spiro atoms. The van der Waals surface area contributed by atoms with Gasteiger partial charge in [0, 0.05) is 48.4 Å². The molecule has 0 bridgehead atoms. The number of benzene rings is 3. The first-order valence-corrected chi connectivity index (χ1v) is 17.1. The lowest BCUT2D eigenvalue weighted by Gasteiger charge is -2.25.